The predicted octanol–water partition coefficient (Wildman–Crippen LogP) is 2.64. The number of alkyl halides is 1. The second kappa shape index (κ2) is 3.55. The lowest BCUT2D eigenvalue weighted by Gasteiger charge is -2.30. The van der Waals surface area contributed by atoms with Gasteiger partial charge in [-0.1, -0.05) is 13.8 Å². The van der Waals surface area contributed by atoms with Crippen LogP contribution >= 0.6 is 0 Å². The standard InChI is InChI=1S/C13H19FN2O/c1-8(2)11(17)12-15-3-4-16(12)10-7-13(14)5-9(10)6-13/h3-4,8-11,17H,5-7H2,1-2H3/t9?,10-,11?,13?/m1/s1. The molecule has 0 saturated heterocycles. The first-order valence-corrected chi connectivity index (χ1v) is 6.40. The van der Waals surface area contributed by atoms with E-state index < -0.39 is 11.8 Å². The highest BCUT2D eigenvalue weighted by Crippen LogP contribution is 2.60. The molecule has 0 aromatic carbocycles. The van der Waals surface area contributed by atoms with Gasteiger partial charge in [0.15, 0.2) is 0 Å². The lowest BCUT2D eigenvalue weighted by molar-refractivity contribution is 0.0732. The highest BCUT2D eigenvalue weighted by Gasteiger charge is 2.57. The smallest absolute Gasteiger partial charge is 0.138 e. The Labute approximate surface area is 101 Å². The SMILES string of the molecule is CC(C)C(O)c1nccn1[C@@H]1CC2(F)CC1C2. The van der Waals surface area contributed by atoms with E-state index in [9.17, 15) is 9.50 Å². The van der Waals surface area contributed by atoms with Gasteiger partial charge in [-0.3, -0.25) is 0 Å². The molecule has 1 unspecified atom stereocenters. The monoisotopic (exact) mass is 238 g/mol. The summed E-state index contributed by atoms with van der Waals surface area (Å²) in [6, 6.07) is 0.200. The number of hydrogen-bond acceptors (Lipinski definition) is 2. The van der Waals surface area contributed by atoms with Gasteiger partial charge in [-0.15, -0.1) is 0 Å². The minimum atomic E-state index is -0.931. The molecule has 2 atom stereocenters. The summed E-state index contributed by atoms with van der Waals surface area (Å²) < 4.78 is 15.9. The van der Waals surface area contributed by atoms with E-state index in [1.807, 2.05) is 24.6 Å². The van der Waals surface area contributed by atoms with Crippen molar-refractivity contribution in [2.24, 2.45) is 11.8 Å². The highest BCUT2D eigenvalue weighted by molar-refractivity contribution is 5.12. The van der Waals surface area contributed by atoms with E-state index in [1.165, 1.54) is 0 Å². The quantitative estimate of drug-likeness (QED) is 0.879. The van der Waals surface area contributed by atoms with Crippen molar-refractivity contribution in [1.82, 2.24) is 9.55 Å². The van der Waals surface area contributed by atoms with E-state index in [1.54, 1.807) is 6.20 Å². The Hall–Kier alpha value is -0.900. The van der Waals surface area contributed by atoms with Crippen LogP contribution in [0.25, 0.3) is 0 Å². The van der Waals surface area contributed by atoms with Gasteiger partial charge in [-0.2, -0.15) is 0 Å². The molecule has 4 rings (SSSR count). The van der Waals surface area contributed by atoms with Gasteiger partial charge in [0.2, 0.25) is 0 Å². The van der Waals surface area contributed by atoms with Crippen LogP contribution in [-0.4, -0.2) is 20.3 Å². The summed E-state index contributed by atoms with van der Waals surface area (Å²) in [5.41, 5.74) is -0.931. The Kier molecular flexibility index (Phi) is 2.34. The molecule has 3 aliphatic rings. The lowest BCUT2D eigenvalue weighted by Crippen LogP contribution is -2.30. The van der Waals surface area contributed by atoms with Gasteiger partial charge in [0, 0.05) is 24.9 Å². The number of nitrogens with zero attached hydrogens (tertiary/aromatic N) is 2. The molecule has 3 saturated carbocycles. The number of hydrogen-bond donors (Lipinski definition) is 1. The third kappa shape index (κ3) is 1.61. The first-order valence-electron chi connectivity index (χ1n) is 6.40. The molecule has 2 bridgehead atoms. The van der Waals surface area contributed by atoms with Gasteiger partial charge in [-0.05, 0) is 24.7 Å². The van der Waals surface area contributed by atoms with Gasteiger partial charge in [0.1, 0.15) is 17.6 Å². The molecule has 94 valence electrons. The Morgan fingerprint density at radius 2 is 2.18 bits per heavy atom. The molecule has 1 aromatic rings. The lowest BCUT2D eigenvalue weighted by atomic mass is 9.81. The molecule has 0 aliphatic heterocycles. The minimum Gasteiger partial charge on any atom is -0.385 e. The maximum absolute atomic E-state index is 13.9. The summed E-state index contributed by atoms with van der Waals surface area (Å²) in [5.74, 6) is 1.26. The van der Waals surface area contributed by atoms with E-state index in [4.69, 9.17) is 0 Å². The van der Waals surface area contributed by atoms with Crippen LogP contribution in [0.3, 0.4) is 0 Å². The normalized spacial score (nSPS) is 37.2. The van der Waals surface area contributed by atoms with Crippen molar-refractivity contribution >= 4 is 0 Å². The van der Waals surface area contributed by atoms with Gasteiger partial charge in [-0.25, -0.2) is 9.37 Å². The fourth-order valence-corrected chi connectivity index (χ4v) is 3.32. The molecular formula is C13H19FN2O. The number of aliphatic hydroxyl groups is 1. The molecule has 3 nitrogen and oxygen atoms in total. The van der Waals surface area contributed by atoms with Crippen molar-refractivity contribution < 1.29 is 9.50 Å². The highest BCUT2D eigenvalue weighted by atomic mass is 19.1. The zero-order valence-electron chi connectivity index (χ0n) is 10.3. The van der Waals surface area contributed by atoms with E-state index >= 15 is 0 Å². The summed E-state index contributed by atoms with van der Waals surface area (Å²) in [4.78, 5) is 4.25. The number of imidazole rings is 1. The number of fused-ring (bicyclic) bond motifs is 1. The van der Waals surface area contributed by atoms with Crippen molar-refractivity contribution in [2.45, 2.75) is 50.9 Å². The Morgan fingerprint density at radius 3 is 2.71 bits per heavy atom. The number of rotatable bonds is 3. The van der Waals surface area contributed by atoms with E-state index in [0.717, 1.165) is 0 Å². The molecule has 3 aliphatic carbocycles. The summed E-state index contributed by atoms with van der Waals surface area (Å²) in [6.07, 6.45) is 5.00. The van der Waals surface area contributed by atoms with Crippen LogP contribution in [0, 0.1) is 11.8 Å². The predicted molar refractivity (Wildman–Crippen MR) is 62.2 cm³/mol. The Bertz CT molecular complexity index is 423. The number of aliphatic hydroxyl groups excluding tert-OH is 1. The molecule has 0 amide bonds. The Balaban J connectivity index is 1.87. The van der Waals surface area contributed by atoms with E-state index in [-0.39, 0.29) is 12.0 Å². The topological polar surface area (TPSA) is 38.1 Å². The van der Waals surface area contributed by atoms with Crippen LogP contribution in [0.15, 0.2) is 12.4 Å². The van der Waals surface area contributed by atoms with E-state index in [0.29, 0.717) is 31.0 Å². The molecule has 3 fully saturated rings. The Morgan fingerprint density at radius 1 is 1.47 bits per heavy atom. The van der Waals surface area contributed by atoms with Crippen LogP contribution in [0.1, 0.15) is 51.1 Å². The van der Waals surface area contributed by atoms with Gasteiger partial charge < -0.3 is 9.67 Å². The van der Waals surface area contributed by atoms with Crippen LogP contribution in [0.5, 0.6) is 0 Å². The van der Waals surface area contributed by atoms with Gasteiger partial charge in [0.25, 0.3) is 0 Å². The fourth-order valence-electron chi connectivity index (χ4n) is 3.32. The third-order valence-electron chi connectivity index (χ3n) is 4.33. The van der Waals surface area contributed by atoms with Crippen LogP contribution in [0.4, 0.5) is 4.39 Å². The largest absolute Gasteiger partial charge is 0.385 e. The summed E-state index contributed by atoms with van der Waals surface area (Å²) >= 11 is 0. The third-order valence-corrected chi connectivity index (χ3v) is 4.33. The summed E-state index contributed by atoms with van der Waals surface area (Å²) in [6.45, 7) is 3.93. The van der Waals surface area contributed by atoms with Gasteiger partial charge >= 0.3 is 0 Å². The zero-order chi connectivity index (χ0) is 12.2. The van der Waals surface area contributed by atoms with Crippen molar-refractivity contribution in [3.05, 3.63) is 18.2 Å². The van der Waals surface area contributed by atoms with Crippen LogP contribution in [0.2, 0.25) is 0 Å². The molecule has 17 heavy (non-hydrogen) atoms. The number of aromatic nitrogens is 2. The molecule has 0 spiro atoms. The molecule has 1 aromatic heterocycles. The maximum atomic E-state index is 13.9. The summed E-state index contributed by atoms with van der Waals surface area (Å²) in [5, 5.41) is 10.1. The maximum Gasteiger partial charge on any atom is 0.138 e. The zero-order valence-corrected chi connectivity index (χ0v) is 10.3. The van der Waals surface area contributed by atoms with Gasteiger partial charge in [0.05, 0.1) is 0 Å². The molecule has 4 heteroatoms. The second-order valence-corrected chi connectivity index (χ2v) is 5.97. The average molecular weight is 238 g/mol. The van der Waals surface area contributed by atoms with Crippen LogP contribution < -0.4 is 0 Å². The fraction of sp³-hybridized carbons (Fsp3) is 0.769. The van der Waals surface area contributed by atoms with Crippen molar-refractivity contribution in [1.29, 1.82) is 0 Å². The van der Waals surface area contributed by atoms with Crippen molar-refractivity contribution in [2.75, 3.05) is 0 Å². The average Bonchev–Trinajstić information content (AvgIpc) is 2.86. The molecule has 1 heterocycles. The first-order chi connectivity index (χ1) is 8.00. The number of halogens is 1. The summed E-state index contributed by atoms with van der Waals surface area (Å²) in [7, 11) is 0. The molecule has 1 N–H and O–H groups in total. The molecular weight excluding hydrogens is 219 g/mol. The van der Waals surface area contributed by atoms with E-state index in [2.05, 4.69) is 4.98 Å². The minimum absolute atomic E-state index is 0.131. The van der Waals surface area contributed by atoms with Crippen LogP contribution in [-0.2, 0) is 0 Å². The molecule has 0 radical (unpaired) electrons. The second-order valence-electron chi connectivity index (χ2n) is 5.97. The first kappa shape index (κ1) is 11.2. The van der Waals surface area contributed by atoms with Crippen molar-refractivity contribution in [3.8, 4) is 0 Å². The van der Waals surface area contributed by atoms with Crippen molar-refractivity contribution in [3.63, 3.8) is 0 Å².